The van der Waals surface area contributed by atoms with Crippen LogP contribution in [0.5, 0.6) is 5.75 Å². The molecule has 1 aromatic heterocycles. The number of hydrogen-bond acceptors (Lipinski definition) is 4. The fourth-order valence-electron chi connectivity index (χ4n) is 1.82. The summed E-state index contributed by atoms with van der Waals surface area (Å²) in [5.74, 6) is 0.901. The predicted molar refractivity (Wildman–Crippen MR) is 81.1 cm³/mol. The van der Waals surface area contributed by atoms with Crippen molar-refractivity contribution < 1.29 is 9.53 Å². The summed E-state index contributed by atoms with van der Waals surface area (Å²) in [6, 6.07) is 7.84. The monoisotopic (exact) mass is 290 g/mol. The minimum absolute atomic E-state index is 0.0742. The number of nitrogens with one attached hydrogen (secondary N) is 1. The van der Waals surface area contributed by atoms with Crippen LogP contribution in [0, 0.1) is 0 Å². The number of carbonyl (C=O) groups is 1. The maximum atomic E-state index is 11.2. The quantitative estimate of drug-likeness (QED) is 0.890. The van der Waals surface area contributed by atoms with E-state index in [0.717, 1.165) is 28.4 Å². The van der Waals surface area contributed by atoms with Gasteiger partial charge in [-0.25, -0.2) is 4.98 Å². The van der Waals surface area contributed by atoms with Gasteiger partial charge in [0.05, 0.1) is 18.4 Å². The molecule has 0 saturated carbocycles. The van der Waals surface area contributed by atoms with Crippen molar-refractivity contribution in [1.29, 1.82) is 0 Å². The van der Waals surface area contributed by atoms with Gasteiger partial charge in [0, 0.05) is 24.8 Å². The van der Waals surface area contributed by atoms with E-state index >= 15 is 0 Å². The highest BCUT2D eigenvalue weighted by Gasteiger charge is 2.09. The lowest BCUT2D eigenvalue weighted by Crippen LogP contribution is -2.24. The van der Waals surface area contributed by atoms with Gasteiger partial charge in [-0.05, 0) is 12.1 Å². The number of nitrogens with zero attached hydrogens (tertiary/aromatic N) is 1. The number of ether oxygens (including phenoxy) is 1. The van der Waals surface area contributed by atoms with Crippen molar-refractivity contribution in [2.45, 2.75) is 19.8 Å². The molecule has 1 amide bonds. The van der Waals surface area contributed by atoms with E-state index in [4.69, 9.17) is 4.74 Å². The predicted octanol–water partition coefficient (Wildman–Crippen LogP) is 2.89. The number of amides is 1. The van der Waals surface area contributed by atoms with Gasteiger partial charge in [-0.2, -0.15) is 0 Å². The fraction of sp³-hybridized carbons (Fsp3) is 0.333. The van der Waals surface area contributed by atoms with Gasteiger partial charge in [0.1, 0.15) is 10.8 Å². The van der Waals surface area contributed by atoms with E-state index in [9.17, 15) is 4.79 Å². The lowest BCUT2D eigenvalue weighted by atomic mass is 10.2. The molecule has 4 nitrogen and oxygen atoms in total. The molecule has 0 unspecified atom stereocenters. The van der Waals surface area contributed by atoms with Gasteiger partial charge in [0.25, 0.3) is 0 Å². The van der Waals surface area contributed by atoms with Crippen molar-refractivity contribution in [3.63, 3.8) is 0 Å². The van der Waals surface area contributed by atoms with Gasteiger partial charge in [-0.3, -0.25) is 4.79 Å². The third-order valence-corrected chi connectivity index (χ3v) is 3.84. The first kappa shape index (κ1) is 14.5. The largest absolute Gasteiger partial charge is 0.496 e. The first-order valence-corrected chi connectivity index (χ1v) is 7.47. The van der Waals surface area contributed by atoms with Crippen LogP contribution in [0.4, 0.5) is 0 Å². The molecule has 0 fully saturated rings. The number of hydrogen-bond donors (Lipinski definition) is 1. The zero-order valence-corrected chi connectivity index (χ0v) is 12.5. The summed E-state index contributed by atoms with van der Waals surface area (Å²) in [4.78, 5) is 15.8. The van der Waals surface area contributed by atoms with Crippen molar-refractivity contribution in [2.75, 3.05) is 13.7 Å². The number of carbonyl (C=O) groups excluding carboxylic acids is 1. The Kier molecular flexibility index (Phi) is 5.12. The van der Waals surface area contributed by atoms with Crippen LogP contribution in [0.2, 0.25) is 0 Å². The van der Waals surface area contributed by atoms with Crippen LogP contribution in [0.25, 0.3) is 10.6 Å². The van der Waals surface area contributed by atoms with Crippen molar-refractivity contribution in [3.8, 4) is 16.3 Å². The molecule has 106 valence electrons. The van der Waals surface area contributed by atoms with Gasteiger partial charge < -0.3 is 10.1 Å². The van der Waals surface area contributed by atoms with Crippen LogP contribution in [0.15, 0.2) is 29.6 Å². The number of benzene rings is 1. The average molecular weight is 290 g/mol. The Bertz CT molecular complexity index is 581. The Morgan fingerprint density at radius 3 is 2.95 bits per heavy atom. The van der Waals surface area contributed by atoms with Crippen LogP contribution in [-0.4, -0.2) is 24.5 Å². The molecular formula is C15H18N2O2S. The summed E-state index contributed by atoms with van der Waals surface area (Å²) >= 11 is 1.59. The first-order valence-electron chi connectivity index (χ1n) is 6.59. The average Bonchev–Trinajstić information content (AvgIpc) is 2.95. The number of rotatable bonds is 6. The third kappa shape index (κ3) is 3.57. The third-order valence-electron chi connectivity index (χ3n) is 2.91. The molecule has 0 aliphatic rings. The second kappa shape index (κ2) is 7.05. The molecule has 0 radical (unpaired) electrons. The lowest BCUT2D eigenvalue weighted by molar-refractivity contribution is -0.120. The Balaban J connectivity index is 2.03. The molecule has 0 spiro atoms. The second-order valence-corrected chi connectivity index (χ2v) is 5.16. The van der Waals surface area contributed by atoms with Crippen LogP contribution in [0.1, 0.15) is 19.0 Å². The molecule has 1 N–H and O–H groups in total. The summed E-state index contributed by atoms with van der Waals surface area (Å²) in [5, 5.41) is 5.82. The molecule has 0 saturated heterocycles. The van der Waals surface area contributed by atoms with Gasteiger partial charge in [-0.15, -0.1) is 11.3 Å². The van der Waals surface area contributed by atoms with Gasteiger partial charge in [-0.1, -0.05) is 19.1 Å². The van der Waals surface area contributed by atoms with Gasteiger partial charge in [0.15, 0.2) is 0 Å². The minimum Gasteiger partial charge on any atom is -0.496 e. The SMILES string of the molecule is CCC(=O)NCCc1csc(-c2ccccc2OC)n1. The van der Waals surface area contributed by atoms with Crippen LogP contribution < -0.4 is 10.1 Å². The van der Waals surface area contributed by atoms with Crippen molar-refractivity contribution in [1.82, 2.24) is 10.3 Å². The molecule has 1 aromatic carbocycles. The smallest absolute Gasteiger partial charge is 0.219 e. The minimum atomic E-state index is 0.0742. The van der Waals surface area contributed by atoms with Crippen molar-refractivity contribution in [3.05, 3.63) is 35.3 Å². The Morgan fingerprint density at radius 2 is 2.20 bits per heavy atom. The van der Waals surface area contributed by atoms with E-state index in [1.54, 1.807) is 18.4 Å². The van der Waals surface area contributed by atoms with Crippen LogP contribution in [-0.2, 0) is 11.2 Å². The zero-order chi connectivity index (χ0) is 14.4. The number of thiazole rings is 1. The molecule has 2 aromatic rings. The lowest BCUT2D eigenvalue weighted by Gasteiger charge is -2.04. The zero-order valence-electron chi connectivity index (χ0n) is 11.7. The highest BCUT2D eigenvalue weighted by molar-refractivity contribution is 7.13. The molecule has 1 heterocycles. The van der Waals surface area contributed by atoms with Crippen molar-refractivity contribution >= 4 is 17.2 Å². The second-order valence-electron chi connectivity index (χ2n) is 4.30. The van der Waals surface area contributed by atoms with Crippen LogP contribution >= 0.6 is 11.3 Å². The first-order chi connectivity index (χ1) is 9.74. The summed E-state index contributed by atoms with van der Waals surface area (Å²) < 4.78 is 5.35. The van der Waals surface area contributed by atoms with E-state index in [0.29, 0.717) is 13.0 Å². The number of para-hydroxylation sites is 1. The molecule has 0 aliphatic heterocycles. The Labute approximate surface area is 122 Å². The van der Waals surface area contributed by atoms with E-state index in [1.807, 2.05) is 36.6 Å². The fourth-order valence-corrected chi connectivity index (χ4v) is 2.71. The standard InChI is InChI=1S/C15H18N2O2S/c1-3-14(18)16-9-8-11-10-20-15(17-11)12-6-4-5-7-13(12)19-2/h4-7,10H,3,8-9H2,1-2H3,(H,16,18). The summed E-state index contributed by atoms with van der Waals surface area (Å²) in [5.41, 5.74) is 2.00. The van der Waals surface area contributed by atoms with Gasteiger partial charge in [0.2, 0.25) is 5.91 Å². The van der Waals surface area contributed by atoms with E-state index in [-0.39, 0.29) is 5.91 Å². The molecule has 5 heteroatoms. The normalized spacial score (nSPS) is 10.3. The van der Waals surface area contributed by atoms with Gasteiger partial charge >= 0.3 is 0 Å². The maximum absolute atomic E-state index is 11.2. The number of aromatic nitrogens is 1. The topological polar surface area (TPSA) is 51.2 Å². The summed E-state index contributed by atoms with van der Waals surface area (Å²) in [6.07, 6.45) is 1.26. The van der Waals surface area contributed by atoms with E-state index in [1.165, 1.54) is 0 Å². The summed E-state index contributed by atoms with van der Waals surface area (Å²) in [6.45, 7) is 2.47. The Morgan fingerprint density at radius 1 is 1.40 bits per heavy atom. The Hall–Kier alpha value is -1.88. The summed E-state index contributed by atoms with van der Waals surface area (Å²) in [7, 11) is 1.66. The van der Waals surface area contributed by atoms with Crippen molar-refractivity contribution in [2.24, 2.45) is 0 Å². The maximum Gasteiger partial charge on any atom is 0.219 e. The molecule has 20 heavy (non-hydrogen) atoms. The molecule has 0 atom stereocenters. The highest BCUT2D eigenvalue weighted by Crippen LogP contribution is 2.31. The van der Waals surface area contributed by atoms with Crippen LogP contribution in [0.3, 0.4) is 0 Å². The highest BCUT2D eigenvalue weighted by atomic mass is 32.1. The van der Waals surface area contributed by atoms with E-state index in [2.05, 4.69) is 10.3 Å². The molecule has 0 aliphatic carbocycles. The molecular weight excluding hydrogens is 272 g/mol. The number of methoxy groups -OCH3 is 1. The van der Waals surface area contributed by atoms with E-state index < -0.39 is 0 Å². The molecule has 2 rings (SSSR count). The molecule has 0 bridgehead atoms.